The molecule has 0 bridgehead atoms. The summed E-state index contributed by atoms with van der Waals surface area (Å²) < 4.78 is 0. The van der Waals surface area contributed by atoms with Gasteiger partial charge in [-0.15, -0.1) is 0 Å². The lowest BCUT2D eigenvalue weighted by Crippen LogP contribution is -2.36. The summed E-state index contributed by atoms with van der Waals surface area (Å²) in [7, 11) is 0. The van der Waals surface area contributed by atoms with E-state index in [1.54, 1.807) is 12.1 Å². The molecule has 0 radical (unpaired) electrons. The Labute approximate surface area is 121 Å². The first-order chi connectivity index (χ1) is 9.72. The fourth-order valence-electron chi connectivity index (χ4n) is 3.02. The van der Waals surface area contributed by atoms with Crippen LogP contribution in [0.5, 0.6) is 0 Å². The van der Waals surface area contributed by atoms with Crippen LogP contribution in [0.1, 0.15) is 56.3 Å². The van der Waals surface area contributed by atoms with Gasteiger partial charge in [-0.3, -0.25) is 0 Å². The maximum atomic E-state index is 10.2. The molecule has 1 fully saturated rings. The average Bonchev–Trinajstić information content (AvgIpc) is 2.53. The minimum atomic E-state index is -0.496. The van der Waals surface area contributed by atoms with Gasteiger partial charge in [0.2, 0.25) is 0 Å². The molecular formula is C17H24N2O. The zero-order chi connectivity index (χ0) is 14.4. The minimum absolute atomic E-state index is 0.496. The van der Waals surface area contributed by atoms with Gasteiger partial charge in [-0.25, -0.2) is 0 Å². The molecule has 0 aliphatic heterocycles. The van der Waals surface area contributed by atoms with E-state index >= 15 is 0 Å². The van der Waals surface area contributed by atoms with Crippen molar-refractivity contribution in [1.29, 1.82) is 5.26 Å². The number of aliphatic hydroxyl groups is 1. The van der Waals surface area contributed by atoms with Crippen LogP contribution in [0.3, 0.4) is 0 Å². The van der Waals surface area contributed by atoms with Crippen LogP contribution in [0.2, 0.25) is 0 Å². The maximum Gasteiger partial charge on any atom is 0.0991 e. The number of rotatable bonds is 5. The lowest BCUT2D eigenvalue weighted by Gasteiger charge is -2.30. The van der Waals surface area contributed by atoms with E-state index in [4.69, 9.17) is 5.26 Å². The number of nitrogens with one attached hydrogen (secondary N) is 1. The third kappa shape index (κ3) is 4.06. The van der Waals surface area contributed by atoms with Crippen LogP contribution >= 0.6 is 0 Å². The van der Waals surface area contributed by atoms with Crippen LogP contribution in [0, 0.1) is 17.2 Å². The highest BCUT2D eigenvalue weighted by Gasteiger charge is 2.21. The van der Waals surface area contributed by atoms with E-state index in [0.29, 0.717) is 18.2 Å². The van der Waals surface area contributed by atoms with Crippen LogP contribution in [-0.4, -0.2) is 17.7 Å². The molecule has 20 heavy (non-hydrogen) atoms. The number of nitrogens with zero attached hydrogens (tertiary/aromatic N) is 1. The molecule has 0 heterocycles. The van der Waals surface area contributed by atoms with E-state index in [1.165, 1.54) is 32.1 Å². The summed E-state index contributed by atoms with van der Waals surface area (Å²) >= 11 is 0. The Morgan fingerprint density at radius 2 is 2.10 bits per heavy atom. The zero-order valence-electron chi connectivity index (χ0n) is 12.2. The van der Waals surface area contributed by atoms with Gasteiger partial charge in [-0.05, 0) is 36.5 Å². The monoisotopic (exact) mass is 272 g/mol. The molecule has 0 saturated heterocycles. The molecule has 108 valence electrons. The Balaban J connectivity index is 1.82. The molecule has 0 aromatic heterocycles. The van der Waals surface area contributed by atoms with E-state index in [1.807, 2.05) is 12.1 Å². The minimum Gasteiger partial charge on any atom is -0.387 e. The van der Waals surface area contributed by atoms with Gasteiger partial charge in [0.25, 0.3) is 0 Å². The van der Waals surface area contributed by atoms with Crippen molar-refractivity contribution in [3.05, 3.63) is 35.4 Å². The van der Waals surface area contributed by atoms with Gasteiger partial charge in [0.15, 0.2) is 0 Å². The molecular weight excluding hydrogens is 248 g/mol. The predicted octanol–water partition coefficient (Wildman–Crippen LogP) is 3.15. The van der Waals surface area contributed by atoms with Crippen molar-refractivity contribution in [2.45, 2.75) is 51.2 Å². The van der Waals surface area contributed by atoms with Crippen LogP contribution < -0.4 is 5.32 Å². The van der Waals surface area contributed by atoms with Crippen LogP contribution in [0.4, 0.5) is 0 Å². The fourth-order valence-corrected chi connectivity index (χ4v) is 3.02. The van der Waals surface area contributed by atoms with E-state index in [-0.39, 0.29) is 0 Å². The molecule has 1 aromatic carbocycles. The van der Waals surface area contributed by atoms with E-state index < -0.39 is 6.10 Å². The highest BCUT2D eigenvalue weighted by atomic mass is 16.3. The summed E-state index contributed by atoms with van der Waals surface area (Å²) in [5.74, 6) is 0.841. The number of nitriles is 1. The van der Waals surface area contributed by atoms with Crippen molar-refractivity contribution in [3.63, 3.8) is 0 Å². The first-order valence-corrected chi connectivity index (χ1v) is 7.64. The number of hydrogen-bond acceptors (Lipinski definition) is 3. The lowest BCUT2D eigenvalue weighted by molar-refractivity contribution is 0.160. The molecule has 0 amide bonds. The number of hydrogen-bond donors (Lipinski definition) is 2. The van der Waals surface area contributed by atoms with Crippen molar-refractivity contribution >= 4 is 0 Å². The van der Waals surface area contributed by atoms with Gasteiger partial charge in [0.1, 0.15) is 0 Å². The molecule has 1 saturated carbocycles. The van der Waals surface area contributed by atoms with Crippen molar-refractivity contribution in [1.82, 2.24) is 5.32 Å². The molecule has 1 aliphatic carbocycles. The van der Waals surface area contributed by atoms with E-state index in [2.05, 4.69) is 18.3 Å². The van der Waals surface area contributed by atoms with Crippen molar-refractivity contribution in [2.24, 2.45) is 5.92 Å². The lowest BCUT2D eigenvalue weighted by atomic mass is 9.84. The summed E-state index contributed by atoms with van der Waals surface area (Å²) in [5, 5.41) is 22.5. The summed E-state index contributed by atoms with van der Waals surface area (Å²) in [6, 6.07) is 9.81. The number of aliphatic hydroxyl groups excluding tert-OH is 1. The second-order valence-electron chi connectivity index (χ2n) is 5.80. The van der Waals surface area contributed by atoms with Gasteiger partial charge in [-0.1, -0.05) is 38.3 Å². The van der Waals surface area contributed by atoms with Crippen molar-refractivity contribution in [3.8, 4) is 6.07 Å². The summed E-state index contributed by atoms with van der Waals surface area (Å²) in [6.07, 6.45) is 5.87. The molecule has 2 N–H and O–H groups in total. The summed E-state index contributed by atoms with van der Waals surface area (Å²) in [5.41, 5.74) is 1.51. The van der Waals surface area contributed by atoms with Crippen LogP contribution in [-0.2, 0) is 0 Å². The molecule has 1 aliphatic rings. The molecule has 3 nitrogen and oxygen atoms in total. The normalized spacial score (nSPS) is 24.1. The first-order valence-electron chi connectivity index (χ1n) is 7.64. The standard InChI is InChI=1S/C17H24N2O/c1-2-13-4-3-5-16(10-13)19-12-17(20)15-8-6-14(11-18)7-9-15/h6-9,13,16-17,19-20H,2-5,10,12H2,1H3. The largest absolute Gasteiger partial charge is 0.387 e. The molecule has 1 aromatic rings. The van der Waals surface area contributed by atoms with Crippen molar-refractivity contribution in [2.75, 3.05) is 6.54 Å². The Morgan fingerprint density at radius 1 is 1.35 bits per heavy atom. The Morgan fingerprint density at radius 3 is 2.75 bits per heavy atom. The second-order valence-corrected chi connectivity index (χ2v) is 5.80. The van der Waals surface area contributed by atoms with Gasteiger partial charge < -0.3 is 10.4 Å². The van der Waals surface area contributed by atoms with Gasteiger partial charge in [0, 0.05) is 12.6 Å². The van der Waals surface area contributed by atoms with E-state index in [9.17, 15) is 5.11 Å². The highest BCUT2D eigenvalue weighted by Crippen LogP contribution is 2.26. The first kappa shape index (κ1) is 15.0. The quantitative estimate of drug-likeness (QED) is 0.865. The average molecular weight is 272 g/mol. The second kappa shape index (κ2) is 7.42. The molecule has 3 atom stereocenters. The SMILES string of the molecule is CCC1CCCC(NCC(O)c2ccc(C#N)cc2)C1. The van der Waals surface area contributed by atoms with E-state index in [0.717, 1.165) is 11.5 Å². The maximum absolute atomic E-state index is 10.2. The van der Waals surface area contributed by atoms with Gasteiger partial charge in [0.05, 0.1) is 17.7 Å². The Kier molecular flexibility index (Phi) is 5.58. The smallest absolute Gasteiger partial charge is 0.0991 e. The predicted molar refractivity (Wildman–Crippen MR) is 80.2 cm³/mol. The summed E-state index contributed by atoms with van der Waals surface area (Å²) in [6.45, 7) is 2.85. The molecule has 3 heteroatoms. The topological polar surface area (TPSA) is 56.0 Å². The third-order valence-corrected chi connectivity index (χ3v) is 4.38. The molecule has 2 rings (SSSR count). The van der Waals surface area contributed by atoms with Crippen molar-refractivity contribution < 1.29 is 5.11 Å². The zero-order valence-corrected chi connectivity index (χ0v) is 12.2. The van der Waals surface area contributed by atoms with Gasteiger partial charge >= 0.3 is 0 Å². The Bertz CT molecular complexity index is 449. The molecule has 3 unspecified atom stereocenters. The Hall–Kier alpha value is -1.37. The fraction of sp³-hybridized carbons (Fsp3) is 0.588. The van der Waals surface area contributed by atoms with Crippen LogP contribution in [0.25, 0.3) is 0 Å². The molecule has 0 spiro atoms. The van der Waals surface area contributed by atoms with Gasteiger partial charge in [-0.2, -0.15) is 5.26 Å². The third-order valence-electron chi connectivity index (χ3n) is 4.38. The summed E-state index contributed by atoms with van der Waals surface area (Å²) in [4.78, 5) is 0. The highest BCUT2D eigenvalue weighted by molar-refractivity contribution is 5.32. The number of benzene rings is 1. The van der Waals surface area contributed by atoms with Crippen LogP contribution in [0.15, 0.2) is 24.3 Å².